The number of rotatable bonds is 2. The van der Waals surface area contributed by atoms with Crippen molar-refractivity contribution in [3.05, 3.63) is 0 Å². The van der Waals surface area contributed by atoms with Crippen molar-refractivity contribution in [2.75, 3.05) is 13.1 Å². The molecule has 1 saturated heterocycles. The van der Waals surface area contributed by atoms with Crippen molar-refractivity contribution < 1.29 is 4.79 Å². The molecule has 0 aliphatic carbocycles. The van der Waals surface area contributed by atoms with Crippen LogP contribution in [-0.2, 0) is 4.79 Å². The van der Waals surface area contributed by atoms with Crippen LogP contribution in [0.1, 0.15) is 26.7 Å². The molecular formula is C9H18N2O. The van der Waals surface area contributed by atoms with Gasteiger partial charge < -0.3 is 10.6 Å². The topological polar surface area (TPSA) is 41.1 Å². The van der Waals surface area contributed by atoms with Crippen LogP contribution in [0.15, 0.2) is 0 Å². The Hall–Kier alpha value is -0.570. The zero-order valence-corrected chi connectivity index (χ0v) is 7.89. The van der Waals surface area contributed by atoms with Crippen LogP contribution in [0, 0.1) is 5.92 Å². The lowest BCUT2D eigenvalue weighted by Gasteiger charge is -2.28. The van der Waals surface area contributed by atoms with Gasteiger partial charge in [-0.25, -0.2) is 0 Å². The summed E-state index contributed by atoms with van der Waals surface area (Å²) in [6, 6.07) is 0.338. The molecule has 1 rings (SSSR count). The van der Waals surface area contributed by atoms with Crippen molar-refractivity contribution in [1.82, 2.24) is 10.6 Å². The molecular weight excluding hydrogens is 152 g/mol. The fourth-order valence-corrected chi connectivity index (χ4v) is 1.71. The van der Waals surface area contributed by atoms with E-state index in [9.17, 15) is 4.79 Å². The molecule has 1 aliphatic heterocycles. The minimum Gasteiger partial charge on any atom is -0.356 e. The molecule has 1 aliphatic rings. The number of hydrogen-bond donors (Lipinski definition) is 2. The molecule has 1 amide bonds. The first-order valence-electron chi connectivity index (χ1n) is 4.76. The van der Waals surface area contributed by atoms with Crippen LogP contribution < -0.4 is 10.6 Å². The average Bonchev–Trinajstić information content (AvgIpc) is 2.05. The molecule has 0 radical (unpaired) electrons. The van der Waals surface area contributed by atoms with E-state index in [-0.39, 0.29) is 11.8 Å². The lowest BCUT2D eigenvalue weighted by atomic mass is 9.91. The molecule has 0 unspecified atom stereocenters. The zero-order valence-electron chi connectivity index (χ0n) is 7.89. The summed E-state index contributed by atoms with van der Waals surface area (Å²) in [6.07, 6.45) is 2.14. The summed E-state index contributed by atoms with van der Waals surface area (Å²) in [6.45, 7) is 5.83. The molecule has 0 aromatic rings. The van der Waals surface area contributed by atoms with Gasteiger partial charge >= 0.3 is 0 Å². The first-order valence-corrected chi connectivity index (χ1v) is 4.76. The molecule has 2 atom stereocenters. The van der Waals surface area contributed by atoms with Crippen LogP contribution in [0.2, 0.25) is 0 Å². The van der Waals surface area contributed by atoms with Gasteiger partial charge in [0.15, 0.2) is 0 Å². The summed E-state index contributed by atoms with van der Waals surface area (Å²) in [7, 11) is 0. The van der Waals surface area contributed by atoms with E-state index in [4.69, 9.17) is 0 Å². The lowest BCUT2D eigenvalue weighted by molar-refractivity contribution is -0.126. The normalized spacial score (nSPS) is 29.8. The van der Waals surface area contributed by atoms with Crippen LogP contribution >= 0.6 is 0 Å². The maximum Gasteiger partial charge on any atom is 0.224 e. The predicted octanol–water partition coefficient (Wildman–Crippen LogP) is 0.511. The number of amides is 1. The van der Waals surface area contributed by atoms with Gasteiger partial charge in [0.1, 0.15) is 0 Å². The van der Waals surface area contributed by atoms with Gasteiger partial charge in [-0.15, -0.1) is 0 Å². The Bertz CT molecular complexity index is 159. The van der Waals surface area contributed by atoms with Gasteiger partial charge in [0.2, 0.25) is 5.91 Å². The minimum absolute atomic E-state index is 0.179. The van der Waals surface area contributed by atoms with Crippen molar-refractivity contribution in [3.63, 3.8) is 0 Å². The second-order valence-electron chi connectivity index (χ2n) is 3.39. The summed E-state index contributed by atoms with van der Waals surface area (Å²) in [5, 5.41) is 6.18. The van der Waals surface area contributed by atoms with Crippen LogP contribution in [0.3, 0.4) is 0 Å². The van der Waals surface area contributed by atoms with Crippen LogP contribution in [-0.4, -0.2) is 25.0 Å². The van der Waals surface area contributed by atoms with E-state index in [0.717, 1.165) is 25.9 Å². The van der Waals surface area contributed by atoms with E-state index in [1.807, 2.05) is 6.92 Å². The highest BCUT2D eigenvalue weighted by molar-refractivity contribution is 5.79. The largest absolute Gasteiger partial charge is 0.356 e. The molecule has 0 bridgehead atoms. The van der Waals surface area contributed by atoms with Gasteiger partial charge in [-0.1, -0.05) is 0 Å². The molecule has 12 heavy (non-hydrogen) atoms. The van der Waals surface area contributed by atoms with E-state index in [2.05, 4.69) is 17.6 Å². The number of carbonyl (C=O) groups is 1. The minimum atomic E-state index is 0.179. The van der Waals surface area contributed by atoms with Crippen molar-refractivity contribution in [1.29, 1.82) is 0 Å². The summed E-state index contributed by atoms with van der Waals surface area (Å²) >= 11 is 0. The molecule has 70 valence electrons. The highest BCUT2D eigenvalue weighted by Gasteiger charge is 2.26. The van der Waals surface area contributed by atoms with E-state index in [1.165, 1.54) is 0 Å². The molecule has 1 heterocycles. The molecule has 1 fully saturated rings. The van der Waals surface area contributed by atoms with Gasteiger partial charge in [0.25, 0.3) is 0 Å². The second kappa shape index (κ2) is 4.45. The predicted molar refractivity (Wildman–Crippen MR) is 48.9 cm³/mol. The molecule has 0 spiro atoms. The van der Waals surface area contributed by atoms with Crippen LogP contribution in [0.4, 0.5) is 0 Å². The quantitative estimate of drug-likeness (QED) is 0.634. The molecule has 0 aromatic carbocycles. The van der Waals surface area contributed by atoms with Gasteiger partial charge in [0, 0.05) is 12.6 Å². The Labute approximate surface area is 73.9 Å². The molecule has 3 heteroatoms. The molecule has 2 N–H and O–H groups in total. The fraction of sp³-hybridized carbons (Fsp3) is 0.889. The van der Waals surface area contributed by atoms with E-state index in [1.54, 1.807) is 0 Å². The van der Waals surface area contributed by atoms with Gasteiger partial charge in [-0.05, 0) is 33.2 Å². The summed E-state index contributed by atoms with van der Waals surface area (Å²) < 4.78 is 0. The Morgan fingerprint density at radius 2 is 2.42 bits per heavy atom. The van der Waals surface area contributed by atoms with Gasteiger partial charge in [-0.2, -0.15) is 0 Å². The number of nitrogens with one attached hydrogen (secondary N) is 2. The maximum absolute atomic E-state index is 11.5. The first kappa shape index (κ1) is 9.52. The van der Waals surface area contributed by atoms with Crippen LogP contribution in [0.5, 0.6) is 0 Å². The Kier molecular flexibility index (Phi) is 3.53. The Balaban J connectivity index is 2.42. The first-order chi connectivity index (χ1) is 5.75. The highest BCUT2D eigenvalue weighted by Crippen LogP contribution is 2.15. The third-order valence-electron chi connectivity index (χ3n) is 2.45. The van der Waals surface area contributed by atoms with Crippen LogP contribution in [0.25, 0.3) is 0 Å². The standard InChI is InChI=1S/C9H18N2O/c1-3-10-9(12)8-5-4-6-11-7(8)2/h7-8,11H,3-6H2,1-2H3,(H,10,12)/t7-,8-/m1/s1. The van der Waals surface area contributed by atoms with Crippen molar-refractivity contribution in [3.8, 4) is 0 Å². The SMILES string of the molecule is CCNC(=O)[C@@H]1CCCN[C@@H]1C. The number of hydrogen-bond acceptors (Lipinski definition) is 2. The Morgan fingerprint density at radius 3 is 3.00 bits per heavy atom. The lowest BCUT2D eigenvalue weighted by Crippen LogP contribution is -2.46. The van der Waals surface area contributed by atoms with E-state index in [0.29, 0.717) is 6.04 Å². The Morgan fingerprint density at radius 1 is 1.67 bits per heavy atom. The maximum atomic E-state index is 11.5. The highest BCUT2D eigenvalue weighted by atomic mass is 16.1. The molecule has 3 nitrogen and oxygen atoms in total. The van der Waals surface area contributed by atoms with Gasteiger partial charge in [0.05, 0.1) is 5.92 Å². The summed E-state index contributed by atoms with van der Waals surface area (Å²) in [5.41, 5.74) is 0. The van der Waals surface area contributed by atoms with Gasteiger partial charge in [-0.3, -0.25) is 4.79 Å². The fourth-order valence-electron chi connectivity index (χ4n) is 1.71. The molecule has 0 aromatic heterocycles. The number of carbonyl (C=O) groups excluding carboxylic acids is 1. The monoisotopic (exact) mass is 170 g/mol. The van der Waals surface area contributed by atoms with E-state index < -0.39 is 0 Å². The second-order valence-corrected chi connectivity index (χ2v) is 3.39. The number of piperidine rings is 1. The van der Waals surface area contributed by atoms with Crippen molar-refractivity contribution >= 4 is 5.91 Å². The zero-order chi connectivity index (χ0) is 8.97. The third-order valence-corrected chi connectivity index (χ3v) is 2.45. The molecule has 0 saturated carbocycles. The van der Waals surface area contributed by atoms with Crippen molar-refractivity contribution in [2.24, 2.45) is 5.92 Å². The summed E-state index contributed by atoms with van der Waals surface area (Å²) in [4.78, 5) is 11.5. The van der Waals surface area contributed by atoms with Crippen molar-refractivity contribution in [2.45, 2.75) is 32.7 Å². The smallest absolute Gasteiger partial charge is 0.224 e. The summed E-state index contributed by atoms with van der Waals surface area (Å²) in [5.74, 6) is 0.385. The third kappa shape index (κ3) is 2.21. The average molecular weight is 170 g/mol. The van der Waals surface area contributed by atoms with E-state index >= 15 is 0 Å².